The molecule has 2 atom stereocenters. The van der Waals surface area contributed by atoms with Gasteiger partial charge in [0.15, 0.2) is 0 Å². The molecule has 1 saturated heterocycles. The van der Waals surface area contributed by atoms with E-state index in [-0.39, 0.29) is 17.1 Å². The lowest BCUT2D eigenvalue weighted by Crippen LogP contribution is -2.00. The van der Waals surface area contributed by atoms with Gasteiger partial charge in [-0.05, 0) is 17.7 Å². The SMILES string of the molecule is O=S(=O)(/C=C/OC[C@@H]1O[C@H]1c1ccccc1)c1ccccc1. The molecular formula is C17H16O4S. The maximum absolute atomic E-state index is 12.0. The molecule has 0 spiro atoms. The van der Waals surface area contributed by atoms with Crippen LogP contribution in [0.1, 0.15) is 11.7 Å². The largest absolute Gasteiger partial charge is 0.498 e. The number of rotatable bonds is 6. The second-order valence-corrected chi connectivity index (χ2v) is 6.80. The van der Waals surface area contributed by atoms with Crippen LogP contribution in [0.25, 0.3) is 0 Å². The molecule has 0 unspecified atom stereocenters. The van der Waals surface area contributed by atoms with E-state index in [4.69, 9.17) is 9.47 Å². The van der Waals surface area contributed by atoms with Crippen molar-refractivity contribution >= 4 is 9.84 Å². The normalized spacial score (nSPS) is 20.9. The number of ether oxygens (including phenoxy) is 2. The van der Waals surface area contributed by atoms with Gasteiger partial charge in [0.25, 0.3) is 0 Å². The highest BCUT2D eigenvalue weighted by molar-refractivity contribution is 7.94. The number of epoxide rings is 1. The predicted octanol–water partition coefficient (Wildman–Crippen LogP) is 3.09. The molecule has 0 N–H and O–H groups in total. The van der Waals surface area contributed by atoms with Crippen LogP contribution in [-0.4, -0.2) is 21.1 Å². The molecule has 2 aromatic rings. The van der Waals surface area contributed by atoms with Gasteiger partial charge >= 0.3 is 0 Å². The number of hydrogen-bond donors (Lipinski definition) is 0. The maximum Gasteiger partial charge on any atom is 0.202 e. The molecule has 5 heteroatoms. The van der Waals surface area contributed by atoms with Crippen molar-refractivity contribution in [2.75, 3.05) is 6.61 Å². The topological polar surface area (TPSA) is 55.9 Å². The van der Waals surface area contributed by atoms with Crippen molar-refractivity contribution in [3.63, 3.8) is 0 Å². The third-order valence-electron chi connectivity index (χ3n) is 3.37. The van der Waals surface area contributed by atoms with E-state index in [9.17, 15) is 8.42 Å². The van der Waals surface area contributed by atoms with Gasteiger partial charge in [-0.25, -0.2) is 8.42 Å². The average molecular weight is 316 g/mol. The fourth-order valence-corrected chi connectivity index (χ4v) is 3.08. The quantitative estimate of drug-likeness (QED) is 0.607. The molecule has 0 radical (unpaired) electrons. The minimum absolute atomic E-state index is 0.0218. The summed E-state index contributed by atoms with van der Waals surface area (Å²) in [5.41, 5.74) is 1.11. The summed E-state index contributed by atoms with van der Waals surface area (Å²) in [4.78, 5) is 0.250. The molecule has 0 amide bonds. The van der Waals surface area contributed by atoms with Crippen LogP contribution >= 0.6 is 0 Å². The van der Waals surface area contributed by atoms with E-state index in [2.05, 4.69) is 0 Å². The summed E-state index contributed by atoms with van der Waals surface area (Å²) in [6.07, 6.45) is 1.23. The molecule has 114 valence electrons. The molecule has 1 aliphatic rings. The van der Waals surface area contributed by atoms with E-state index in [0.29, 0.717) is 6.61 Å². The molecule has 0 bridgehead atoms. The lowest BCUT2D eigenvalue weighted by molar-refractivity contribution is 0.212. The molecule has 0 saturated carbocycles. The lowest BCUT2D eigenvalue weighted by atomic mass is 10.1. The summed E-state index contributed by atoms with van der Waals surface area (Å²) >= 11 is 0. The van der Waals surface area contributed by atoms with Gasteiger partial charge in [-0.15, -0.1) is 0 Å². The summed E-state index contributed by atoms with van der Waals surface area (Å²) in [6.45, 7) is 0.334. The Morgan fingerprint density at radius 2 is 1.64 bits per heavy atom. The fourth-order valence-electron chi connectivity index (χ4n) is 2.16. The monoisotopic (exact) mass is 316 g/mol. The summed E-state index contributed by atoms with van der Waals surface area (Å²) < 4.78 is 34.8. The van der Waals surface area contributed by atoms with Gasteiger partial charge in [0.2, 0.25) is 9.84 Å². The van der Waals surface area contributed by atoms with Gasteiger partial charge in [-0.2, -0.15) is 0 Å². The van der Waals surface area contributed by atoms with Gasteiger partial charge in [0.05, 0.1) is 16.6 Å². The molecular weight excluding hydrogens is 300 g/mol. The first-order chi connectivity index (χ1) is 10.7. The van der Waals surface area contributed by atoms with E-state index in [0.717, 1.165) is 11.0 Å². The molecule has 0 aliphatic carbocycles. The third kappa shape index (κ3) is 3.55. The van der Waals surface area contributed by atoms with Crippen LogP contribution < -0.4 is 0 Å². The minimum Gasteiger partial charge on any atom is -0.498 e. The zero-order valence-electron chi connectivity index (χ0n) is 11.8. The fraction of sp³-hybridized carbons (Fsp3) is 0.176. The lowest BCUT2D eigenvalue weighted by Gasteiger charge is -1.99. The number of benzene rings is 2. The van der Waals surface area contributed by atoms with Crippen LogP contribution in [0.2, 0.25) is 0 Å². The van der Waals surface area contributed by atoms with E-state index in [1.807, 2.05) is 30.3 Å². The summed E-state index contributed by atoms with van der Waals surface area (Å²) in [7, 11) is -3.45. The number of hydrogen-bond acceptors (Lipinski definition) is 4. The van der Waals surface area contributed by atoms with E-state index in [1.54, 1.807) is 30.3 Å². The van der Waals surface area contributed by atoms with Crippen molar-refractivity contribution in [1.29, 1.82) is 0 Å². The average Bonchev–Trinajstić information content (AvgIpc) is 3.33. The molecule has 1 fully saturated rings. The zero-order valence-corrected chi connectivity index (χ0v) is 12.6. The molecule has 1 heterocycles. The van der Waals surface area contributed by atoms with Crippen molar-refractivity contribution in [2.45, 2.75) is 17.1 Å². The second-order valence-electron chi connectivity index (χ2n) is 4.97. The Hall–Kier alpha value is -2.11. The Bertz CT molecular complexity index is 739. The Morgan fingerprint density at radius 1 is 1.00 bits per heavy atom. The van der Waals surface area contributed by atoms with Crippen LogP contribution in [-0.2, 0) is 19.3 Å². The predicted molar refractivity (Wildman–Crippen MR) is 82.8 cm³/mol. The Labute approximate surface area is 129 Å². The Morgan fingerprint density at radius 3 is 2.32 bits per heavy atom. The summed E-state index contributed by atoms with van der Waals surface area (Å²) in [5.74, 6) is 0. The summed E-state index contributed by atoms with van der Waals surface area (Å²) in [5, 5.41) is 1.07. The third-order valence-corrected chi connectivity index (χ3v) is 4.77. The molecule has 4 nitrogen and oxygen atoms in total. The Balaban J connectivity index is 1.50. The van der Waals surface area contributed by atoms with Crippen molar-refractivity contribution in [3.05, 3.63) is 77.9 Å². The Kier molecular flexibility index (Phi) is 4.27. The summed E-state index contributed by atoms with van der Waals surface area (Å²) in [6, 6.07) is 18.1. The van der Waals surface area contributed by atoms with E-state index in [1.165, 1.54) is 6.26 Å². The van der Waals surface area contributed by atoms with Gasteiger partial charge in [-0.3, -0.25) is 0 Å². The molecule has 2 aromatic carbocycles. The standard InChI is InChI=1S/C17H16O4S/c18-22(19,15-9-5-2-6-10-15)12-11-20-13-16-17(21-16)14-7-3-1-4-8-14/h1-12,16-17H,13H2/b12-11+/t16-,17-/m0/s1. The highest BCUT2D eigenvalue weighted by atomic mass is 32.2. The molecule has 0 aromatic heterocycles. The van der Waals surface area contributed by atoms with Gasteiger partial charge in [0, 0.05) is 0 Å². The molecule has 22 heavy (non-hydrogen) atoms. The van der Waals surface area contributed by atoms with E-state index < -0.39 is 9.84 Å². The second kappa shape index (κ2) is 6.34. The smallest absolute Gasteiger partial charge is 0.202 e. The first-order valence-corrected chi connectivity index (χ1v) is 8.50. The minimum atomic E-state index is -3.45. The van der Waals surface area contributed by atoms with Crippen molar-refractivity contribution in [2.24, 2.45) is 0 Å². The first kappa shape index (κ1) is 14.8. The van der Waals surface area contributed by atoms with Crippen LogP contribution in [0.5, 0.6) is 0 Å². The highest BCUT2D eigenvalue weighted by Gasteiger charge is 2.40. The van der Waals surface area contributed by atoms with Crippen molar-refractivity contribution in [1.82, 2.24) is 0 Å². The van der Waals surface area contributed by atoms with Crippen molar-refractivity contribution < 1.29 is 17.9 Å². The van der Waals surface area contributed by atoms with Gasteiger partial charge in [0.1, 0.15) is 18.8 Å². The van der Waals surface area contributed by atoms with Crippen LogP contribution in [0, 0.1) is 0 Å². The first-order valence-electron chi connectivity index (χ1n) is 6.95. The zero-order chi connectivity index (χ0) is 15.4. The maximum atomic E-state index is 12.0. The van der Waals surface area contributed by atoms with Crippen LogP contribution in [0.3, 0.4) is 0 Å². The van der Waals surface area contributed by atoms with Gasteiger partial charge < -0.3 is 9.47 Å². The highest BCUT2D eigenvalue weighted by Crippen LogP contribution is 2.38. The van der Waals surface area contributed by atoms with Gasteiger partial charge in [-0.1, -0.05) is 48.5 Å². The molecule has 3 rings (SSSR count). The van der Waals surface area contributed by atoms with E-state index >= 15 is 0 Å². The van der Waals surface area contributed by atoms with Crippen LogP contribution in [0.15, 0.2) is 77.2 Å². The van der Waals surface area contributed by atoms with Crippen LogP contribution in [0.4, 0.5) is 0 Å². The molecule has 1 aliphatic heterocycles. The number of sulfone groups is 1. The van der Waals surface area contributed by atoms with Crippen molar-refractivity contribution in [3.8, 4) is 0 Å².